The van der Waals surface area contributed by atoms with Gasteiger partial charge >= 0.3 is 0 Å². The van der Waals surface area contributed by atoms with Crippen LogP contribution in [0.5, 0.6) is 5.75 Å². The second-order valence-corrected chi connectivity index (χ2v) is 7.73. The van der Waals surface area contributed by atoms with E-state index in [1.165, 1.54) is 44.1 Å². The van der Waals surface area contributed by atoms with Gasteiger partial charge in [-0.2, -0.15) is 0 Å². The molecule has 1 heterocycles. The molecule has 2 aliphatic carbocycles. The molecule has 2 fully saturated rings. The molecule has 4 rings (SSSR count). The van der Waals surface area contributed by atoms with Crippen LogP contribution in [0.4, 0.5) is 0 Å². The molecule has 1 N–H and O–H groups in total. The largest absolute Gasteiger partial charge is 0.489 e. The molecule has 0 radical (unpaired) electrons. The van der Waals surface area contributed by atoms with E-state index in [1.807, 2.05) is 0 Å². The van der Waals surface area contributed by atoms with Crippen molar-refractivity contribution in [3.63, 3.8) is 0 Å². The maximum absolute atomic E-state index is 8.94. The normalized spacial score (nSPS) is 34.2. The number of hydrogen-bond donors (Lipinski definition) is 1. The Kier molecular flexibility index (Phi) is 5.37. The predicted octanol–water partition coefficient (Wildman–Crippen LogP) is 3.93. The van der Waals surface area contributed by atoms with Crippen LogP contribution in [0.1, 0.15) is 56.4 Å². The molecule has 25 heavy (non-hydrogen) atoms. The average Bonchev–Trinajstić information content (AvgIpc) is 3.08. The summed E-state index contributed by atoms with van der Waals surface area (Å²) in [5.41, 5.74) is 1.50. The van der Waals surface area contributed by atoms with Crippen LogP contribution in [-0.2, 0) is 4.74 Å². The van der Waals surface area contributed by atoms with Crippen LogP contribution in [-0.4, -0.2) is 36.9 Å². The number of aliphatic hydroxyl groups is 1. The standard InChI is InChI=1S/C21H29NO3/c23-12-11-19-13-22-20(25-19)14-24-18-9-7-17(8-10-18)21-15-3-1-4-16(21)6-2-5-15/h7-10,13,15-16,19-21,23H,1-6,11-12,14H2/t15?,16?,19?,20-,21?/m0/s1. The van der Waals surface area contributed by atoms with Crippen molar-refractivity contribution in [1.82, 2.24) is 0 Å². The molecular formula is C21H29NO3. The lowest BCUT2D eigenvalue weighted by Crippen LogP contribution is -2.30. The lowest BCUT2D eigenvalue weighted by molar-refractivity contribution is 0.0121. The number of fused-ring (bicyclic) bond motifs is 2. The van der Waals surface area contributed by atoms with Gasteiger partial charge in [0.25, 0.3) is 0 Å². The number of aliphatic imine (C=N–C) groups is 1. The zero-order chi connectivity index (χ0) is 17.1. The molecule has 1 aliphatic heterocycles. The van der Waals surface area contributed by atoms with Gasteiger partial charge in [0, 0.05) is 19.2 Å². The van der Waals surface area contributed by atoms with Crippen molar-refractivity contribution in [2.75, 3.05) is 13.2 Å². The van der Waals surface area contributed by atoms with Crippen molar-refractivity contribution in [3.05, 3.63) is 29.8 Å². The fourth-order valence-corrected chi connectivity index (χ4v) is 4.99. The maximum Gasteiger partial charge on any atom is 0.182 e. The van der Waals surface area contributed by atoms with Crippen LogP contribution in [0.2, 0.25) is 0 Å². The first-order valence-electron chi connectivity index (χ1n) is 9.86. The van der Waals surface area contributed by atoms with E-state index in [0.717, 1.165) is 23.5 Å². The number of ether oxygens (including phenoxy) is 2. The van der Waals surface area contributed by atoms with Crippen LogP contribution in [0.25, 0.3) is 0 Å². The summed E-state index contributed by atoms with van der Waals surface area (Å²) in [6, 6.07) is 8.74. The Balaban J connectivity index is 1.32. The SMILES string of the molecule is OCCC1C=N[C@H](COc2ccc(C3C4CCCC3CCC4)cc2)O1. The van der Waals surface area contributed by atoms with Crippen molar-refractivity contribution in [1.29, 1.82) is 0 Å². The second kappa shape index (κ2) is 7.88. The minimum Gasteiger partial charge on any atom is -0.489 e. The number of aliphatic hydroxyl groups excluding tert-OH is 1. The van der Waals surface area contributed by atoms with E-state index in [1.54, 1.807) is 6.21 Å². The van der Waals surface area contributed by atoms with Crippen molar-refractivity contribution in [2.24, 2.45) is 16.8 Å². The number of hydrogen-bond acceptors (Lipinski definition) is 4. The van der Waals surface area contributed by atoms with Gasteiger partial charge in [0.1, 0.15) is 12.4 Å². The second-order valence-electron chi connectivity index (χ2n) is 7.73. The summed E-state index contributed by atoms with van der Waals surface area (Å²) < 4.78 is 11.5. The van der Waals surface area contributed by atoms with E-state index in [9.17, 15) is 0 Å². The summed E-state index contributed by atoms with van der Waals surface area (Å²) in [6.45, 7) is 0.543. The summed E-state index contributed by atoms with van der Waals surface area (Å²) in [6.07, 6.45) is 10.5. The average molecular weight is 343 g/mol. The van der Waals surface area contributed by atoms with E-state index in [4.69, 9.17) is 14.6 Å². The Morgan fingerprint density at radius 1 is 1.04 bits per heavy atom. The molecule has 2 bridgehead atoms. The van der Waals surface area contributed by atoms with Gasteiger partial charge in [0.15, 0.2) is 6.23 Å². The summed E-state index contributed by atoms with van der Waals surface area (Å²) in [7, 11) is 0. The molecule has 1 aromatic carbocycles. The lowest BCUT2D eigenvalue weighted by Gasteiger charge is -2.43. The molecule has 4 nitrogen and oxygen atoms in total. The van der Waals surface area contributed by atoms with Crippen LogP contribution < -0.4 is 4.74 Å². The van der Waals surface area contributed by atoms with E-state index < -0.39 is 0 Å². The molecule has 0 saturated heterocycles. The Morgan fingerprint density at radius 2 is 1.72 bits per heavy atom. The smallest absolute Gasteiger partial charge is 0.182 e. The molecule has 136 valence electrons. The van der Waals surface area contributed by atoms with Crippen molar-refractivity contribution in [3.8, 4) is 5.75 Å². The highest BCUT2D eigenvalue weighted by Crippen LogP contribution is 2.49. The van der Waals surface area contributed by atoms with Gasteiger partial charge in [-0.25, -0.2) is 0 Å². The Labute approximate surface area is 150 Å². The third-order valence-electron chi connectivity index (χ3n) is 6.14. The Hall–Kier alpha value is -1.39. The third kappa shape index (κ3) is 3.90. The van der Waals surface area contributed by atoms with Gasteiger partial charge in [0.05, 0.1) is 6.10 Å². The highest BCUT2D eigenvalue weighted by molar-refractivity contribution is 5.64. The first-order chi connectivity index (χ1) is 12.3. The molecule has 2 atom stereocenters. The molecular weight excluding hydrogens is 314 g/mol. The first kappa shape index (κ1) is 17.0. The van der Waals surface area contributed by atoms with Gasteiger partial charge in [-0.05, 0) is 61.1 Å². The van der Waals surface area contributed by atoms with Crippen LogP contribution in [0, 0.1) is 11.8 Å². The fourth-order valence-electron chi connectivity index (χ4n) is 4.99. The van der Waals surface area contributed by atoms with E-state index in [-0.39, 0.29) is 18.9 Å². The topological polar surface area (TPSA) is 51.1 Å². The Bertz CT molecular complexity index is 563. The molecule has 1 aromatic rings. The molecule has 4 heteroatoms. The first-order valence-corrected chi connectivity index (χ1v) is 9.86. The number of rotatable bonds is 6. The highest BCUT2D eigenvalue weighted by Gasteiger charge is 2.36. The summed E-state index contributed by atoms with van der Waals surface area (Å²) >= 11 is 0. The molecule has 0 spiro atoms. The monoisotopic (exact) mass is 343 g/mol. The van der Waals surface area contributed by atoms with E-state index >= 15 is 0 Å². The zero-order valence-electron chi connectivity index (χ0n) is 14.8. The lowest BCUT2D eigenvalue weighted by atomic mass is 9.62. The number of benzene rings is 1. The molecule has 0 aromatic heterocycles. The van der Waals surface area contributed by atoms with Gasteiger partial charge in [-0.15, -0.1) is 0 Å². The van der Waals surface area contributed by atoms with Crippen LogP contribution >= 0.6 is 0 Å². The van der Waals surface area contributed by atoms with Gasteiger partial charge < -0.3 is 14.6 Å². The molecule has 0 amide bonds. The zero-order valence-corrected chi connectivity index (χ0v) is 14.8. The number of nitrogens with zero attached hydrogens (tertiary/aromatic N) is 1. The molecule has 1 unspecified atom stereocenters. The summed E-state index contributed by atoms with van der Waals surface area (Å²) in [4.78, 5) is 4.30. The predicted molar refractivity (Wildman–Crippen MR) is 98.2 cm³/mol. The van der Waals surface area contributed by atoms with E-state index in [0.29, 0.717) is 13.0 Å². The summed E-state index contributed by atoms with van der Waals surface area (Å²) in [5, 5.41) is 8.94. The Morgan fingerprint density at radius 3 is 2.36 bits per heavy atom. The van der Waals surface area contributed by atoms with Crippen LogP contribution in [0.3, 0.4) is 0 Å². The van der Waals surface area contributed by atoms with Crippen LogP contribution in [0.15, 0.2) is 29.3 Å². The van der Waals surface area contributed by atoms with Crippen molar-refractivity contribution < 1.29 is 14.6 Å². The third-order valence-corrected chi connectivity index (χ3v) is 6.14. The summed E-state index contributed by atoms with van der Waals surface area (Å²) in [5.74, 6) is 3.43. The molecule has 2 saturated carbocycles. The highest BCUT2D eigenvalue weighted by atomic mass is 16.6. The quantitative estimate of drug-likeness (QED) is 0.851. The van der Waals surface area contributed by atoms with Crippen molar-refractivity contribution in [2.45, 2.75) is 63.2 Å². The van der Waals surface area contributed by atoms with Gasteiger partial charge in [-0.1, -0.05) is 25.0 Å². The van der Waals surface area contributed by atoms with Crippen molar-refractivity contribution >= 4 is 6.21 Å². The van der Waals surface area contributed by atoms with Gasteiger partial charge in [-0.3, -0.25) is 4.99 Å². The molecule has 3 aliphatic rings. The maximum atomic E-state index is 8.94. The van der Waals surface area contributed by atoms with Gasteiger partial charge in [0.2, 0.25) is 0 Å². The minimum atomic E-state index is -0.256. The minimum absolute atomic E-state index is 0.0771. The fraction of sp³-hybridized carbons (Fsp3) is 0.667. The van der Waals surface area contributed by atoms with E-state index in [2.05, 4.69) is 29.3 Å².